The normalized spacial score (nSPS) is 13.1. The Morgan fingerprint density at radius 3 is 2.71 bits per heavy atom. The molecule has 0 fully saturated rings. The van der Waals surface area contributed by atoms with Crippen LogP contribution in [0.2, 0.25) is 0 Å². The van der Waals surface area contributed by atoms with E-state index in [0.29, 0.717) is 0 Å². The summed E-state index contributed by atoms with van der Waals surface area (Å²) < 4.78 is 0. The number of fused-ring (bicyclic) bond motifs is 1. The molecular formula is C17H20N2OS. The zero-order valence-electron chi connectivity index (χ0n) is 12.7. The number of aryl methyl sites for hydroxylation is 3. The Hall–Kier alpha value is -1.81. The average molecular weight is 300 g/mol. The lowest BCUT2D eigenvalue weighted by molar-refractivity contribution is 0.102. The molecule has 0 atom stereocenters. The number of benzene rings is 1. The third-order valence-corrected chi connectivity index (χ3v) is 5.45. The van der Waals surface area contributed by atoms with E-state index in [9.17, 15) is 4.79 Å². The minimum absolute atomic E-state index is 0.00185. The SMILES string of the molecule is CNc1sc2c(c1C(=O)Nc1ccc(C)c(C)c1)CCC2. The largest absolute Gasteiger partial charge is 0.379 e. The van der Waals surface area contributed by atoms with Crippen molar-refractivity contribution in [2.75, 3.05) is 17.7 Å². The maximum atomic E-state index is 12.7. The summed E-state index contributed by atoms with van der Waals surface area (Å²) in [5.74, 6) is 0.00185. The molecule has 2 N–H and O–H groups in total. The van der Waals surface area contributed by atoms with Gasteiger partial charge in [-0.15, -0.1) is 11.3 Å². The molecule has 0 aliphatic heterocycles. The van der Waals surface area contributed by atoms with Crippen molar-refractivity contribution in [2.24, 2.45) is 0 Å². The van der Waals surface area contributed by atoms with Crippen molar-refractivity contribution in [1.29, 1.82) is 0 Å². The van der Waals surface area contributed by atoms with Gasteiger partial charge in [0.15, 0.2) is 0 Å². The highest BCUT2D eigenvalue weighted by atomic mass is 32.1. The fourth-order valence-electron chi connectivity index (χ4n) is 2.83. The summed E-state index contributed by atoms with van der Waals surface area (Å²) in [6, 6.07) is 6.03. The molecule has 2 aromatic rings. The molecule has 0 saturated heterocycles. The lowest BCUT2D eigenvalue weighted by Crippen LogP contribution is -2.14. The van der Waals surface area contributed by atoms with Crippen LogP contribution in [0.5, 0.6) is 0 Å². The van der Waals surface area contributed by atoms with Gasteiger partial charge in [-0.2, -0.15) is 0 Å². The molecule has 1 aromatic heterocycles. The van der Waals surface area contributed by atoms with E-state index in [-0.39, 0.29) is 5.91 Å². The molecular weight excluding hydrogens is 280 g/mol. The van der Waals surface area contributed by atoms with Gasteiger partial charge in [-0.25, -0.2) is 0 Å². The third-order valence-electron chi connectivity index (χ3n) is 4.14. The predicted octanol–water partition coefficient (Wildman–Crippen LogP) is 4.15. The maximum Gasteiger partial charge on any atom is 0.258 e. The molecule has 4 heteroatoms. The molecule has 1 amide bonds. The number of amides is 1. The molecule has 1 heterocycles. The lowest BCUT2D eigenvalue weighted by Gasteiger charge is -2.09. The number of hydrogen-bond acceptors (Lipinski definition) is 3. The Morgan fingerprint density at radius 1 is 1.19 bits per heavy atom. The van der Waals surface area contributed by atoms with Crippen molar-refractivity contribution in [3.05, 3.63) is 45.3 Å². The Morgan fingerprint density at radius 2 is 2.00 bits per heavy atom. The van der Waals surface area contributed by atoms with Crippen LogP contribution in [0.4, 0.5) is 10.7 Å². The van der Waals surface area contributed by atoms with Crippen molar-refractivity contribution in [3.63, 3.8) is 0 Å². The smallest absolute Gasteiger partial charge is 0.258 e. The molecule has 110 valence electrons. The van der Waals surface area contributed by atoms with Gasteiger partial charge in [0, 0.05) is 17.6 Å². The van der Waals surface area contributed by atoms with Crippen LogP contribution in [0.3, 0.4) is 0 Å². The van der Waals surface area contributed by atoms with Crippen LogP contribution in [-0.4, -0.2) is 13.0 Å². The molecule has 1 aliphatic carbocycles. The minimum Gasteiger partial charge on any atom is -0.379 e. The first-order valence-electron chi connectivity index (χ1n) is 7.31. The van der Waals surface area contributed by atoms with Crippen LogP contribution < -0.4 is 10.6 Å². The predicted molar refractivity (Wildman–Crippen MR) is 89.8 cm³/mol. The van der Waals surface area contributed by atoms with E-state index in [1.807, 2.05) is 25.2 Å². The van der Waals surface area contributed by atoms with Crippen LogP contribution in [0.15, 0.2) is 18.2 Å². The molecule has 0 bridgehead atoms. The standard InChI is InChI=1S/C17H20N2OS/c1-10-7-8-12(9-11(10)2)19-16(20)15-13-5-4-6-14(13)21-17(15)18-3/h7-9,18H,4-6H2,1-3H3,(H,19,20). The Balaban J connectivity index is 1.90. The molecule has 3 nitrogen and oxygen atoms in total. The van der Waals surface area contributed by atoms with Gasteiger partial charge in [0.1, 0.15) is 5.00 Å². The first-order valence-corrected chi connectivity index (χ1v) is 8.12. The molecule has 0 saturated carbocycles. The summed E-state index contributed by atoms with van der Waals surface area (Å²) in [5, 5.41) is 7.20. The number of nitrogens with one attached hydrogen (secondary N) is 2. The Kier molecular flexibility index (Phi) is 3.72. The van der Waals surface area contributed by atoms with Crippen LogP contribution in [-0.2, 0) is 12.8 Å². The molecule has 1 aromatic carbocycles. The second-order valence-electron chi connectivity index (χ2n) is 5.56. The summed E-state index contributed by atoms with van der Waals surface area (Å²) in [4.78, 5) is 14.0. The van der Waals surface area contributed by atoms with Crippen molar-refractivity contribution < 1.29 is 4.79 Å². The zero-order valence-corrected chi connectivity index (χ0v) is 13.5. The molecule has 21 heavy (non-hydrogen) atoms. The number of carbonyl (C=O) groups is 1. The fraction of sp³-hybridized carbons (Fsp3) is 0.353. The van der Waals surface area contributed by atoms with Gasteiger partial charge in [0.2, 0.25) is 0 Å². The van der Waals surface area contributed by atoms with Gasteiger partial charge in [-0.3, -0.25) is 4.79 Å². The second-order valence-corrected chi connectivity index (χ2v) is 6.67. The summed E-state index contributed by atoms with van der Waals surface area (Å²) in [7, 11) is 1.88. The quantitative estimate of drug-likeness (QED) is 0.894. The van der Waals surface area contributed by atoms with Crippen molar-refractivity contribution in [3.8, 4) is 0 Å². The Labute approximate surface area is 129 Å². The third kappa shape index (κ3) is 2.56. The maximum absolute atomic E-state index is 12.7. The van der Waals surface area contributed by atoms with E-state index < -0.39 is 0 Å². The van der Waals surface area contributed by atoms with Gasteiger partial charge in [0.05, 0.1) is 5.56 Å². The number of carbonyl (C=O) groups excluding carboxylic acids is 1. The van der Waals surface area contributed by atoms with E-state index in [0.717, 1.165) is 35.5 Å². The van der Waals surface area contributed by atoms with Crippen molar-refractivity contribution >= 4 is 27.9 Å². The number of anilines is 2. The van der Waals surface area contributed by atoms with E-state index in [1.54, 1.807) is 11.3 Å². The van der Waals surface area contributed by atoms with Gasteiger partial charge in [-0.05, 0) is 61.9 Å². The lowest BCUT2D eigenvalue weighted by atomic mass is 10.1. The van der Waals surface area contributed by atoms with E-state index >= 15 is 0 Å². The molecule has 0 spiro atoms. The van der Waals surface area contributed by atoms with Crippen molar-refractivity contribution in [1.82, 2.24) is 0 Å². The number of thiophene rings is 1. The summed E-state index contributed by atoms with van der Waals surface area (Å²) >= 11 is 1.72. The second kappa shape index (κ2) is 5.53. The van der Waals surface area contributed by atoms with Gasteiger partial charge >= 0.3 is 0 Å². The topological polar surface area (TPSA) is 41.1 Å². The van der Waals surface area contributed by atoms with Gasteiger partial charge < -0.3 is 10.6 Å². The molecule has 3 rings (SSSR count). The van der Waals surface area contributed by atoms with E-state index in [1.165, 1.54) is 21.6 Å². The number of hydrogen-bond donors (Lipinski definition) is 2. The van der Waals surface area contributed by atoms with Crippen LogP contribution in [0.1, 0.15) is 38.3 Å². The molecule has 0 radical (unpaired) electrons. The molecule has 1 aliphatic rings. The summed E-state index contributed by atoms with van der Waals surface area (Å²) in [6.07, 6.45) is 3.28. The zero-order chi connectivity index (χ0) is 15.0. The Bertz CT molecular complexity index is 703. The first-order chi connectivity index (χ1) is 10.1. The number of rotatable bonds is 3. The van der Waals surface area contributed by atoms with E-state index in [4.69, 9.17) is 0 Å². The van der Waals surface area contributed by atoms with Crippen LogP contribution >= 0.6 is 11.3 Å². The monoisotopic (exact) mass is 300 g/mol. The van der Waals surface area contributed by atoms with Crippen molar-refractivity contribution in [2.45, 2.75) is 33.1 Å². The average Bonchev–Trinajstić information content (AvgIpc) is 3.02. The van der Waals surface area contributed by atoms with Crippen LogP contribution in [0.25, 0.3) is 0 Å². The first kappa shape index (κ1) is 14.1. The van der Waals surface area contributed by atoms with Gasteiger partial charge in [0.25, 0.3) is 5.91 Å². The molecule has 0 unspecified atom stereocenters. The van der Waals surface area contributed by atoms with Gasteiger partial charge in [-0.1, -0.05) is 6.07 Å². The van der Waals surface area contributed by atoms with E-state index in [2.05, 4.69) is 24.5 Å². The minimum atomic E-state index is 0.00185. The highest BCUT2D eigenvalue weighted by molar-refractivity contribution is 7.16. The highest BCUT2D eigenvalue weighted by Crippen LogP contribution is 2.39. The summed E-state index contributed by atoms with van der Waals surface area (Å²) in [5.41, 5.74) is 5.37. The fourth-order valence-corrected chi connectivity index (χ4v) is 4.07. The summed E-state index contributed by atoms with van der Waals surface area (Å²) in [6.45, 7) is 4.14. The van der Waals surface area contributed by atoms with Crippen LogP contribution in [0, 0.1) is 13.8 Å². The highest BCUT2D eigenvalue weighted by Gasteiger charge is 2.26.